The molecule has 0 heterocycles. The topological polar surface area (TPSA) is 0 Å². The lowest BCUT2D eigenvalue weighted by atomic mass is 9.87. The molecule has 2 heteroatoms. The van der Waals surface area contributed by atoms with Gasteiger partial charge in [0.25, 0.3) is 0 Å². The van der Waals surface area contributed by atoms with E-state index in [0.717, 1.165) is 10.4 Å². The highest BCUT2D eigenvalue weighted by atomic mass is 79.9. The molecule has 0 radical (unpaired) electrons. The molecule has 1 rings (SSSR count). The Bertz CT molecular complexity index is 251. The highest BCUT2D eigenvalue weighted by molar-refractivity contribution is 9.09. The Kier molecular flexibility index (Phi) is 3.19. The average Bonchev–Trinajstić information content (AvgIpc) is 2.05. The summed E-state index contributed by atoms with van der Waals surface area (Å²) in [6, 6.07) is 8.01. The molecule has 0 amide bonds. The highest BCUT2D eigenvalue weighted by Gasteiger charge is 2.17. The molecule has 0 unspecified atom stereocenters. The predicted octanol–water partition coefficient (Wildman–Crippen LogP) is 4.01. The summed E-state index contributed by atoms with van der Waals surface area (Å²) in [6.45, 7) is 4.40. The summed E-state index contributed by atoms with van der Waals surface area (Å²) < 4.78 is 0. The van der Waals surface area contributed by atoms with Crippen LogP contribution in [0.3, 0.4) is 0 Å². The zero-order chi connectivity index (χ0) is 9.19. The quantitative estimate of drug-likeness (QED) is 0.693. The number of alkyl halides is 1. The predicted molar refractivity (Wildman–Crippen MR) is 58.3 cm³/mol. The molecule has 0 aromatic heterocycles. The molecular formula is C10H12BrCl. The lowest BCUT2D eigenvalue weighted by molar-refractivity contribution is 0.607. The summed E-state index contributed by atoms with van der Waals surface area (Å²) in [4.78, 5) is 0. The third kappa shape index (κ3) is 2.24. The number of halogens is 2. The summed E-state index contributed by atoms with van der Waals surface area (Å²) in [5.41, 5.74) is 1.49. The summed E-state index contributed by atoms with van der Waals surface area (Å²) in [5, 5.41) is 1.76. The van der Waals surface area contributed by atoms with Crippen LogP contribution in [-0.2, 0) is 5.41 Å². The van der Waals surface area contributed by atoms with Crippen LogP contribution in [0.1, 0.15) is 19.4 Å². The number of benzene rings is 1. The second-order valence-electron chi connectivity index (χ2n) is 3.52. The Labute approximate surface area is 87.1 Å². The van der Waals surface area contributed by atoms with E-state index in [0.29, 0.717) is 0 Å². The van der Waals surface area contributed by atoms with Gasteiger partial charge >= 0.3 is 0 Å². The van der Waals surface area contributed by atoms with Gasteiger partial charge in [-0.25, -0.2) is 0 Å². The molecule has 0 atom stereocenters. The van der Waals surface area contributed by atoms with Gasteiger partial charge in [0.05, 0.1) is 0 Å². The molecule has 0 aliphatic heterocycles. The van der Waals surface area contributed by atoms with Crippen molar-refractivity contribution in [2.24, 2.45) is 0 Å². The lowest BCUT2D eigenvalue weighted by Crippen LogP contribution is -2.18. The summed E-state index contributed by atoms with van der Waals surface area (Å²) in [7, 11) is 0. The van der Waals surface area contributed by atoms with Crippen LogP contribution in [0.4, 0.5) is 0 Å². The molecule has 0 aliphatic rings. The van der Waals surface area contributed by atoms with Crippen molar-refractivity contribution >= 4 is 27.5 Å². The van der Waals surface area contributed by atoms with Gasteiger partial charge in [-0.15, -0.1) is 0 Å². The van der Waals surface area contributed by atoms with Gasteiger partial charge in [-0.1, -0.05) is 53.5 Å². The van der Waals surface area contributed by atoms with Crippen LogP contribution in [-0.4, -0.2) is 5.33 Å². The highest BCUT2D eigenvalue weighted by Crippen LogP contribution is 2.26. The average molecular weight is 248 g/mol. The largest absolute Gasteiger partial charge is 0.0919 e. The molecule has 0 aliphatic carbocycles. The molecular weight excluding hydrogens is 235 g/mol. The van der Waals surface area contributed by atoms with Gasteiger partial charge < -0.3 is 0 Å². The van der Waals surface area contributed by atoms with Crippen molar-refractivity contribution in [1.82, 2.24) is 0 Å². The normalized spacial score (nSPS) is 11.7. The van der Waals surface area contributed by atoms with Crippen LogP contribution in [0.25, 0.3) is 0 Å². The second-order valence-corrected chi connectivity index (χ2v) is 4.52. The van der Waals surface area contributed by atoms with Crippen molar-refractivity contribution in [1.29, 1.82) is 0 Å². The van der Waals surface area contributed by atoms with E-state index in [-0.39, 0.29) is 5.41 Å². The first kappa shape index (κ1) is 10.1. The van der Waals surface area contributed by atoms with Crippen LogP contribution in [0.15, 0.2) is 24.3 Å². The fraction of sp³-hybridized carbons (Fsp3) is 0.400. The van der Waals surface area contributed by atoms with E-state index < -0.39 is 0 Å². The maximum Gasteiger partial charge on any atom is 0.0406 e. The van der Waals surface area contributed by atoms with Crippen molar-refractivity contribution in [3.8, 4) is 0 Å². The van der Waals surface area contributed by atoms with Gasteiger partial charge in [0.2, 0.25) is 0 Å². The van der Waals surface area contributed by atoms with Crippen molar-refractivity contribution in [3.63, 3.8) is 0 Å². The van der Waals surface area contributed by atoms with Gasteiger partial charge in [-0.2, -0.15) is 0 Å². The first-order valence-corrected chi connectivity index (χ1v) is 5.38. The maximum atomic E-state index is 5.79. The fourth-order valence-corrected chi connectivity index (χ4v) is 1.43. The summed E-state index contributed by atoms with van der Waals surface area (Å²) in [6.07, 6.45) is 0. The van der Waals surface area contributed by atoms with Gasteiger partial charge in [-0.05, 0) is 23.1 Å². The molecule has 0 fully saturated rings. The van der Waals surface area contributed by atoms with E-state index >= 15 is 0 Å². The van der Waals surface area contributed by atoms with Gasteiger partial charge in [0.1, 0.15) is 0 Å². The molecule has 0 saturated carbocycles. The first-order chi connectivity index (χ1) is 5.56. The van der Waals surface area contributed by atoms with Crippen molar-refractivity contribution in [3.05, 3.63) is 34.9 Å². The Morgan fingerprint density at radius 3 is 2.17 bits per heavy atom. The van der Waals surface area contributed by atoms with Crippen molar-refractivity contribution < 1.29 is 0 Å². The van der Waals surface area contributed by atoms with E-state index in [9.17, 15) is 0 Å². The molecule has 66 valence electrons. The maximum absolute atomic E-state index is 5.79. The summed E-state index contributed by atoms with van der Waals surface area (Å²) in [5.74, 6) is 0. The molecule has 0 bridgehead atoms. The van der Waals surface area contributed by atoms with Crippen LogP contribution >= 0.6 is 27.5 Å². The molecule has 0 spiro atoms. The molecule has 12 heavy (non-hydrogen) atoms. The first-order valence-electron chi connectivity index (χ1n) is 3.88. The van der Waals surface area contributed by atoms with Crippen LogP contribution in [0.2, 0.25) is 5.02 Å². The smallest absolute Gasteiger partial charge is 0.0406 e. The van der Waals surface area contributed by atoms with Crippen LogP contribution < -0.4 is 0 Å². The second kappa shape index (κ2) is 3.80. The van der Waals surface area contributed by atoms with Crippen molar-refractivity contribution in [2.75, 3.05) is 5.33 Å². The Hall–Kier alpha value is -0.0100. The molecule has 0 saturated heterocycles. The Morgan fingerprint density at radius 1 is 1.25 bits per heavy atom. The molecule has 0 nitrogen and oxygen atoms in total. The molecule has 1 aromatic carbocycles. The van der Waals surface area contributed by atoms with Gasteiger partial charge in [-0.3, -0.25) is 0 Å². The van der Waals surface area contributed by atoms with E-state index in [1.807, 2.05) is 12.1 Å². The van der Waals surface area contributed by atoms with E-state index in [2.05, 4.69) is 41.9 Å². The Balaban J connectivity index is 2.96. The number of rotatable bonds is 2. The fourth-order valence-electron chi connectivity index (χ4n) is 0.978. The number of hydrogen-bond donors (Lipinski definition) is 0. The van der Waals surface area contributed by atoms with E-state index in [1.165, 1.54) is 5.56 Å². The van der Waals surface area contributed by atoms with Gasteiger partial charge in [0, 0.05) is 10.4 Å². The Morgan fingerprint density at radius 2 is 1.75 bits per heavy atom. The van der Waals surface area contributed by atoms with Crippen LogP contribution in [0.5, 0.6) is 0 Å². The minimum Gasteiger partial charge on any atom is -0.0919 e. The minimum atomic E-state index is 0.185. The molecule has 1 aromatic rings. The van der Waals surface area contributed by atoms with E-state index in [1.54, 1.807) is 0 Å². The zero-order valence-electron chi connectivity index (χ0n) is 7.27. The summed E-state index contributed by atoms with van der Waals surface area (Å²) >= 11 is 9.29. The monoisotopic (exact) mass is 246 g/mol. The SMILES string of the molecule is CC(C)(CBr)c1ccc(Cl)cc1. The molecule has 0 N–H and O–H groups in total. The third-order valence-corrected chi connectivity index (χ3v) is 3.61. The number of hydrogen-bond acceptors (Lipinski definition) is 0. The standard InChI is InChI=1S/C10H12BrCl/c1-10(2,7-11)8-3-5-9(12)6-4-8/h3-6H,7H2,1-2H3. The van der Waals surface area contributed by atoms with E-state index in [4.69, 9.17) is 11.6 Å². The van der Waals surface area contributed by atoms with Gasteiger partial charge in [0.15, 0.2) is 0 Å². The van der Waals surface area contributed by atoms with Crippen molar-refractivity contribution in [2.45, 2.75) is 19.3 Å². The minimum absolute atomic E-state index is 0.185. The van der Waals surface area contributed by atoms with Crippen LogP contribution in [0, 0.1) is 0 Å². The third-order valence-electron chi connectivity index (χ3n) is 1.96. The zero-order valence-corrected chi connectivity index (χ0v) is 9.61. The lowest BCUT2D eigenvalue weighted by Gasteiger charge is -2.21.